The van der Waals surface area contributed by atoms with Gasteiger partial charge in [-0.05, 0) is 37.1 Å². The molecule has 2 nitrogen and oxygen atoms in total. The van der Waals surface area contributed by atoms with Crippen molar-refractivity contribution in [2.75, 3.05) is 13.1 Å². The highest BCUT2D eigenvalue weighted by atomic mass is 35.5. The zero-order valence-electron chi connectivity index (χ0n) is 11.4. The van der Waals surface area contributed by atoms with Gasteiger partial charge in [0.1, 0.15) is 0 Å². The highest BCUT2D eigenvalue weighted by Gasteiger charge is 2.06. The van der Waals surface area contributed by atoms with Gasteiger partial charge in [0.05, 0.1) is 10.5 Å². The van der Waals surface area contributed by atoms with Crippen LogP contribution in [-0.4, -0.2) is 17.7 Å². The van der Waals surface area contributed by atoms with Crippen molar-refractivity contribution in [2.24, 2.45) is 5.92 Å². The molecule has 0 aliphatic heterocycles. The summed E-state index contributed by atoms with van der Waals surface area (Å²) >= 11 is 12.2. The molecule has 0 bridgehead atoms. The number of hydrogen-bond donors (Lipinski definition) is 1. The van der Waals surface area contributed by atoms with E-state index in [1.165, 1.54) is 6.42 Å². The Labute approximate surface area is 124 Å². The Bertz CT molecular complexity index is 546. The Morgan fingerprint density at radius 2 is 2.00 bits per heavy atom. The molecule has 1 aromatic carbocycles. The van der Waals surface area contributed by atoms with Crippen molar-refractivity contribution < 1.29 is 0 Å². The molecular formula is C15H20Cl2N2. The first-order valence-electron chi connectivity index (χ1n) is 6.72. The van der Waals surface area contributed by atoms with Crippen LogP contribution in [0.1, 0.15) is 20.3 Å². The second-order valence-corrected chi connectivity index (χ2v) is 6.11. The summed E-state index contributed by atoms with van der Waals surface area (Å²) in [6.07, 6.45) is 3.28. The summed E-state index contributed by atoms with van der Waals surface area (Å²) in [6, 6.07) is 5.80. The fraction of sp³-hybridized carbons (Fsp3) is 0.467. The molecule has 0 spiro atoms. The molecule has 104 valence electrons. The maximum atomic E-state index is 6.18. The van der Waals surface area contributed by atoms with Crippen LogP contribution < -0.4 is 5.32 Å². The molecule has 19 heavy (non-hydrogen) atoms. The summed E-state index contributed by atoms with van der Waals surface area (Å²) < 4.78 is 2.19. The third-order valence-electron chi connectivity index (χ3n) is 3.23. The van der Waals surface area contributed by atoms with Crippen LogP contribution >= 0.6 is 23.2 Å². The molecule has 0 saturated carbocycles. The molecule has 2 aromatic rings. The minimum Gasteiger partial charge on any atom is -0.346 e. The fourth-order valence-corrected chi connectivity index (χ4v) is 2.67. The van der Waals surface area contributed by atoms with Crippen molar-refractivity contribution in [3.05, 3.63) is 34.4 Å². The minimum absolute atomic E-state index is 0.685. The van der Waals surface area contributed by atoms with Gasteiger partial charge in [0.15, 0.2) is 0 Å². The van der Waals surface area contributed by atoms with Gasteiger partial charge in [0, 0.05) is 29.7 Å². The second kappa shape index (κ2) is 6.65. The van der Waals surface area contributed by atoms with Crippen LogP contribution in [0.5, 0.6) is 0 Å². The average Bonchev–Trinajstić information content (AvgIpc) is 2.72. The third-order valence-corrected chi connectivity index (χ3v) is 3.76. The van der Waals surface area contributed by atoms with Crippen LogP contribution in [0.25, 0.3) is 10.9 Å². The third kappa shape index (κ3) is 3.88. The zero-order valence-corrected chi connectivity index (χ0v) is 12.9. The van der Waals surface area contributed by atoms with E-state index in [1.807, 2.05) is 12.1 Å². The van der Waals surface area contributed by atoms with Crippen LogP contribution in [0.15, 0.2) is 24.4 Å². The first kappa shape index (κ1) is 14.7. The summed E-state index contributed by atoms with van der Waals surface area (Å²) in [7, 11) is 0. The van der Waals surface area contributed by atoms with E-state index in [0.717, 1.165) is 36.5 Å². The molecule has 2 rings (SSSR count). The van der Waals surface area contributed by atoms with Gasteiger partial charge in [-0.15, -0.1) is 0 Å². The molecule has 0 unspecified atom stereocenters. The van der Waals surface area contributed by atoms with Crippen molar-refractivity contribution in [1.29, 1.82) is 0 Å². The number of rotatable bonds is 6. The fourth-order valence-electron chi connectivity index (χ4n) is 2.13. The van der Waals surface area contributed by atoms with Crippen LogP contribution in [0.4, 0.5) is 0 Å². The number of benzene rings is 1. The Balaban J connectivity index is 1.98. The number of hydrogen-bond acceptors (Lipinski definition) is 1. The standard InChI is InChI=1S/C15H20Cl2N2/c1-11(2)3-5-18-6-8-19-7-4-13-14(17)9-12(16)10-15(13)19/h4,7,9-11,18H,3,5-6,8H2,1-2H3. The zero-order chi connectivity index (χ0) is 13.8. The first-order valence-corrected chi connectivity index (χ1v) is 7.48. The van der Waals surface area contributed by atoms with Crippen molar-refractivity contribution >= 4 is 34.1 Å². The summed E-state index contributed by atoms with van der Waals surface area (Å²) in [5.74, 6) is 0.748. The van der Waals surface area contributed by atoms with E-state index in [2.05, 4.69) is 29.9 Å². The molecule has 0 amide bonds. The van der Waals surface area contributed by atoms with Gasteiger partial charge >= 0.3 is 0 Å². The quantitative estimate of drug-likeness (QED) is 0.772. The molecule has 0 fully saturated rings. The van der Waals surface area contributed by atoms with Crippen molar-refractivity contribution in [1.82, 2.24) is 9.88 Å². The highest BCUT2D eigenvalue weighted by Crippen LogP contribution is 2.28. The van der Waals surface area contributed by atoms with E-state index in [9.17, 15) is 0 Å². The number of nitrogens with zero attached hydrogens (tertiary/aromatic N) is 1. The molecule has 0 aliphatic rings. The minimum atomic E-state index is 0.685. The molecule has 0 atom stereocenters. The lowest BCUT2D eigenvalue weighted by molar-refractivity contribution is 0.522. The topological polar surface area (TPSA) is 17.0 Å². The smallest absolute Gasteiger partial charge is 0.0514 e. The van der Waals surface area contributed by atoms with Crippen molar-refractivity contribution in [3.8, 4) is 0 Å². The van der Waals surface area contributed by atoms with Gasteiger partial charge in [-0.3, -0.25) is 0 Å². The Morgan fingerprint density at radius 1 is 1.21 bits per heavy atom. The van der Waals surface area contributed by atoms with Crippen molar-refractivity contribution in [3.63, 3.8) is 0 Å². The predicted molar refractivity (Wildman–Crippen MR) is 84.3 cm³/mol. The molecule has 0 radical (unpaired) electrons. The van der Waals surface area contributed by atoms with E-state index >= 15 is 0 Å². The van der Waals surface area contributed by atoms with Gasteiger partial charge in [-0.25, -0.2) is 0 Å². The lowest BCUT2D eigenvalue weighted by atomic mass is 10.1. The monoisotopic (exact) mass is 298 g/mol. The molecule has 1 aromatic heterocycles. The van der Waals surface area contributed by atoms with Crippen LogP contribution in [-0.2, 0) is 6.54 Å². The molecule has 1 N–H and O–H groups in total. The maximum absolute atomic E-state index is 6.18. The number of aromatic nitrogens is 1. The van der Waals surface area contributed by atoms with Crippen LogP contribution in [0.3, 0.4) is 0 Å². The van der Waals surface area contributed by atoms with E-state index in [-0.39, 0.29) is 0 Å². The highest BCUT2D eigenvalue weighted by molar-refractivity contribution is 6.38. The lowest BCUT2D eigenvalue weighted by Gasteiger charge is -2.09. The van der Waals surface area contributed by atoms with E-state index < -0.39 is 0 Å². The molecular weight excluding hydrogens is 279 g/mol. The summed E-state index contributed by atoms with van der Waals surface area (Å²) in [6.45, 7) is 7.44. The normalized spacial score (nSPS) is 11.6. The Kier molecular flexibility index (Phi) is 5.14. The SMILES string of the molecule is CC(C)CCNCCn1ccc2c(Cl)cc(Cl)cc21. The second-order valence-electron chi connectivity index (χ2n) is 5.26. The van der Waals surface area contributed by atoms with Gasteiger partial charge in [0.2, 0.25) is 0 Å². The van der Waals surface area contributed by atoms with Gasteiger partial charge in [-0.2, -0.15) is 0 Å². The van der Waals surface area contributed by atoms with Gasteiger partial charge < -0.3 is 9.88 Å². The number of fused-ring (bicyclic) bond motifs is 1. The predicted octanol–water partition coefficient (Wildman–Crippen LogP) is 4.58. The summed E-state index contributed by atoms with van der Waals surface area (Å²) in [5.41, 5.74) is 1.10. The molecule has 1 heterocycles. The molecule has 0 aliphatic carbocycles. The lowest BCUT2D eigenvalue weighted by Crippen LogP contribution is -2.21. The summed E-state index contributed by atoms with van der Waals surface area (Å²) in [4.78, 5) is 0. The number of halogens is 2. The average molecular weight is 299 g/mol. The Hall–Kier alpha value is -0.700. The van der Waals surface area contributed by atoms with Gasteiger partial charge in [-0.1, -0.05) is 37.0 Å². The largest absolute Gasteiger partial charge is 0.346 e. The van der Waals surface area contributed by atoms with Gasteiger partial charge in [0.25, 0.3) is 0 Å². The van der Waals surface area contributed by atoms with Crippen LogP contribution in [0, 0.1) is 5.92 Å². The van der Waals surface area contributed by atoms with E-state index in [1.54, 1.807) is 6.07 Å². The van der Waals surface area contributed by atoms with Crippen LogP contribution in [0.2, 0.25) is 10.0 Å². The number of nitrogens with one attached hydrogen (secondary N) is 1. The summed E-state index contributed by atoms with van der Waals surface area (Å²) in [5, 5.41) is 5.93. The molecule has 0 saturated heterocycles. The van der Waals surface area contributed by atoms with E-state index in [4.69, 9.17) is 23.2 Å². The maximum Gasteiger partial charge on any atom is 0.0514 e. The molecule has 4 heteroatoms. The van der Waals surface area contributed by atoms with Crippen molar-refractivity contribution in [2.45, 2.75) is 26.8 Å². The Morgan fingerprint density at radius 3 is 2.74 bits per heavy atom. The first-order chi connectivity index (χ1) is 9.08. The van der Waals surface area contributed by atoms with E-state index in [0.29, 0.717) is 10.0 Å².